The first-order valence-electron chi connectivity index (χ1n) is 7.71. The molecule has 1 heterocycles. The van der Waals surface area contributed by atoms with E-state index in [1.807, 2.05) is 0 Å². The predicted molar refractivity (Wildman–Crippen MR) is 77.7 cm³/mol. The van der Waals surface area contributed by atoms with Gasteiger partial charge in [-0.15, -0.1) is 0 Å². The molecule has 0 radical (unpaired) electrons. The van der Waals surface area contributed by atoms with Crippen molar-refractivity contribution in [2.75, 3.05) is 32.7 Å². The molecule has 0 aromatic heterocycles. The van der Waals surface area contributed by atoms with Gasteiger partial charge in [0, 0.05) is 37.8 Å². The summed E-state index contributed by atoms with van der Waals surface area (Å²) < 4.78 is 0. The van der Waals surface area contributed by atoms with Gasteiger partial charge in [0.15, 0.2) is 0 Å². The van der Waals surface area contributed by atoms with E-state index in [0.717, 1.165) is 18.5 Å². The lowest BCUT2D eigenvalue weighted by Gasteiger charge is -2.47. The Balaban J connectivity index is 1.88. The topological polar surface area (TPSA) is 32.5 Å². The van der Waals surface area contributed by atoms with Crippen LogP contribution in [-0.2, 0) is 0 Å². The lowest BCUT2D eigenvalue weighted by molar-refractivity contribution is 0.0172. The molecule has 1 saturated carbocycles. The number of nitrogens with zero attached hydrogens (tertiary/aromatic N) is 2. The van der Waals surface area contributed by atoms with E-state index in [9.17, 15) is 0 Å². The number of piperazine rings is 1. The Labute approximate surface area is 113 Å². The second-order valence-corrected chi connectivity index (χ2v) is 7.04. The smallest absolute Gasteiger partial charge is 0.0137 e. The molecule has 2 rings (SSSR count). The van der Waals surface area contributed by atoms with E-state index < -0.39 is 0 Å². The van der Waals surface area contributed by atoms with E-state index >= 15 is 0 Å². The van der Waals surface area contributed by atoms with Crippen molar-refractivity contribution in [2.45, 2.75) is 58.0 Å². The van der Waals surface area contributed by atoms with E-state index in [1.54, 1.807) is 0 Å². The average molecular weight is 253 g/mol. The Morgan fingerprint density at radius 1 is 1.00 bits per heavy atom. The molecule has 0 bridgehead atoms. The van der Waals surface area contributed by atoms with Gasteiger partial charge in [0.2, 0.25) is 0 Å². The third kappa shape index (κ3) is 3.25. The molecule has 1 aliphatic carbocycles. The van der Waals surface area contributed by atoms with Crippen molar-refractivity contribution >= 4 is 0 Å². The number of hydrogen-bond acceptors (Lipinski definition) is 3. The lowest BCUT2D eigenvalue weighted by Crippen LogP contribution is -2.57. The van der Waals surface area contributed by atoms with Crippen molar-refractivity contribution in [2.24, 2.45) is 11.7 Å². The molecule has 0 spiro atoms. The quantitative estimate of drug-likeness (QED) is 0.816. The highest BCUT2D eigenvalue weighted by molar-refractivity contribution is 4.89. The van der Waals surface area contributed by atoms with Crippen LogP contribution in [0.1, 0.15) is 46.5 Å². The van der Waals surface area contributed by atoms with Crippen LogP contribution in [0.25, 0.3) is 0 Å². The van der Waals surface area contributed by atoms with Crippen LogP contribution < -0.4 is 5.73 Å². The van der Waals surface area contributed by atoms with Gasteiger partial charge in [0.05, 0.1) is 0 Å². The van der Waals surface area contributed by atoms with E-state index in [0.29, 0.717) is 5.54 Å². The molecule has 0 aromatic rings. The molecule has 3 heteroatoms. The minimum atomic E-state index is 0.325. The van der Waals surface area contributed by atoms with E-state index in [-0.39, 0.29) is 0 Å². The molecule has 106 valence electrons. The molecule has 2 atom stereocenters. The first kappa shape index (κ1) is 14.3. The lowest BCUT2D eigenvalue weighted by atomic mass is 9.83. The van der Waals surface area contributed by atoms with Gasteiger partial charge in [-0.1, -0.05) is 12.8 Å². The summed E-state index contributed by atoms with van der Waals surface area (Å²) >= 11 is 0. The third-order valence-electron chi connectivity index (χ3n) is 4.90. The maximum atomic E-state index is 5.96. The van der Waals surface area contributed by atoms with Crippen LogP contribution in [0.5, 0.6) is 0 Å². The summed E-state index contributed by atoms with van der Waals surface area (Å²) in [5.41, 5.74) is 6.29. The SMILES string of the molecule is CC(C)(C)N1CCN(C2CCCCC2CN)CC1. The highest BCUT2D eigenvalue weighted by Crippen LogP contribution is 2.29. The molecule has 1 aliphatic heterocycles. The van der Waals surface area contributed by atoms with Gasteiger partial charge in [-0.25, -0.2) is 0 Å². The van der Waals surface area contributed by atoms with E-state index in [2.05, 4.69) is 30.6 Å². The van der Waals surface area contributed by atoms with Crippen molar-refractivity contribution in [1.29, 1.82) is 0 Å². The highest BCUT2D eigenvalue weighted by atomic mass is 15.3. The van der Waals surface area contributed by atoms with Crippen molar-refractivity contribution in [3.8, 4) is 0 Å². The molecule has 18 heavy (non-hydrogen) atoms. The summed E-state index contributed by atoms with van der Waals surface area (Å²) in [5.74, 6) is 0.750. The Hall–Kier alpha value is -0.120. The zero-order valence-corrected chi connectivity index (χ0v) is 12.5. The van der Waals surface area contributed by atoms with Gasteiger partial charge in [0.25, 0.3) is 0 Å². The number of hydrogen-bond donors (Lipinski definition) is 1. The first-order chi connectivity index (χ1) is 8.52. The molecule has 2 fully saturated rings. The average Bonchev–Trinajstić information content (AvgIpc) is 2.38. The van der Waals surface area contributed by atoms with Crippen LogP contribution in [0.15, 0.2) is 0 Å². The standard InChI is InChI=1S/C15H31N3/c1-15(2,3)18-10-8-17(9-11-18)14-7-5-4-6-13(14)12-16/h13-14H,4-12,16H2,1-3H3. The summed E-state index contributed by atoms with van der Waals surface area (Å²) in [7, 11) is 0. The second-order valence-electron chi connectivity index (χ2n) is 7.04. The Morgan fingerprint density at radius 2 is 1.61 bits per heavy atom. The summed E-state index contributed by atoms with van der Waals surface area (Å²) in [6, 6.07) is 0.769. The van der Waals surface area contributed by atoms with Crippen molar-refractivity contribution < 1.29 is 0 Å². The van der Waals surface area contributed by atoms with Gasteiger partial charge in [-0.3, -0.25) is 9.80 Å². The predicted octanol–water partition coefficient (Wildman–Crippen LogP) is 1.92. The van der Waals surface area contributed by atoms with Crippen LogP contribution in [0.2, 0.25) is 0 Å². The normalized spacial score (nSPS) is 32.7. The van der Waals surface area contributed by atoms with Gasteiger partial charge in [-0.2, -0.15) is 0 Å². The Morgan fingerprint density at radius 3 is 2.17 bits per heavy atom. The maximum Gasteiger partial charge on any atom is 0.0137 e. The third-order valence-corrected chi connectivity index (χ3v) is 4.90. The minimum Gasteiger partial charge on any atom is -0.330 e. The van der Waals surface area contributed by atoms with Crippen LogP contribution >= 0.6 is 0 Å². The summed E-state index contributed by atoms with van der Waals surface area (Å²) in [6.45, 7) is 12.8. The van der Waals surface area contributed by atoms with Gasteiger partial charge >= 0.3 is 0 Å². The monoisotopic (exact) mass is 253 g/mol. The number of nitrogens with two attached hydrogens (primary N) is 1. The van der Waals surface area contributed by atoms with Crippen molar-refractivity contribution in [3.63, 3.8) is 0 Å². The van der Waals surface area contributed by atoms with E-state index in [1.165, 1.54) is 51.9 Å². The largest absolute Gasteiger partial charge is 0.330 e. The molecule has 0 aromatic carbocycles. The van der Waals surface area contributed by atoms with Crippen LogP contribution in [0.4, 0.5) is 0 Å². The number of rotatable bonds is 2. The molecule has 0 amide bonds. The molecule has 3 nitrogen and oxygen atoms in total. The van der Waals surface area contributed by atoms with Crippen molar-refractivity contribution in [1.82, 2.24) is 9.80 Å². The Kier molecular flexibility index (Phi) is 4.68. The fraction of sp³-hybridized carbons (Fsp3) is 1.00. The fourth-order valence-corrected chi connectivity index (χ4v) is 3.67. The zero-order chi connectivity index (χ0) is 13.2. The fourth-order valence-electron chi connectivity index (χ4n) is 3.67. The van der Waals surface area contributed by atoms with E-state index in [4.69, 9.17) is 5.73 Å². The molecule has 2 unspecified atom stereocenters. The molecular formula is C15H31N3. The van der Waals surface area contributed by atoms with Gasteiger partial charge in [0.1, 0.15) is 0 Å². The summed E-state index contributed by atoms with van der Waals surface area (Å²) in [5, 5.41) is 0. The maximum absolute atomic E-state index is 5.96. The van der Waals surface area contributed by atoms with Gasteiger partial charge < -0.3 is 5.73 Å². The minimum absolute atomic E-state index is 0.325. The molecule has 2 aliphatic rings. The molecule has 2 N–H and O–H groups in total. The van der Waals surface area contributed by atoms with Crippen LogP contribution in [0, 0.1) is 5.92 Å². The van der Waals surface area contributed by atoms with Crippen LogP contribution in [-0.4, -0.2) is 54.1 Å². The first-order valence-corrected chi connectivity index (χ1v) is 7.71. The highest BCUT2D eigenvalue weighted by Gasteiger charge is 2.33. The summed E-state index contributed by atoms with van der Waals surface area (Å²) in [6.07, 6.45) is 5.51. The zero-order valence-electron chi connectivity index (χ0n) is 12.5. The molecule has 1 saturated heterocycles. The summed E-state index contributed by atoms with van der Waals surface area (Å²) in [4.78, 5) is 5.34. The molecular weight excluding hydrogens is 222 g/mol. The van der Waals surface area contributed by atoms with Crippen molar-refractivity contribution in [3.05, 3.63) is 0 Å². The second kappa shape index (κ2) is 5.89. The van der Waals surface area contributed by atoms with Crippen LogP contribution in [0.3, 0.4) is 0 Å². The Bertz CT molecular complexity index is 251. The van der Waals surface area contributed by atoms with Gasteiger partial charge in [-0.05, 0) is 46.1 Å².